The first-order chi connectivity index (χ1) is 20.1. The summed E-state index contributed by atoms with van der Waals surface area (Å²) in [5.41, 5.74) is 11.4. The molecule has 0 aromatic heterocycles. The van der Waals surface area contributed by atoms with Gasteiger partial charge in [0.15, 0.2) is 0 Å². The normalized spacial score (nSPS) is 14.0. The second-order valence-electron chi connectivity index (χ2n) is 12.6. The number of hydrogen-bond donors (Lipinski definition) is 1. The molecule has 1 heteroatoms. The average Bonchev–Trinajstić information content (AvgIpc) is 2.92. The van der Waals surface area contributed by atoms with Crippen LogP contribution in [0.3, 0.4) is 0 Å². The molecule has 1 N–H and O–H groups in total. The van der Waals surface area contributed by atoms with Crippen LogP contribution in [-0.2, 0) is 6.42 Å². The number of aromatic hydroxyl groups is 1. The largest absolute Gasteiger partial charge is 0.508 e. The van der Waals surface area contributed by atoms with Crippen molar-refractivity contribution in [2.45, 2.75) is 139 Å². The van der Waals surface area contributed by atoms with Crippen LogP contribution in [0.1, 0.15) is 138 Å². The molecule has 42 heavy (non-hydrogen) atoms. The number of allylic oxidation sites excluding steroid dienone is 14. The molecule has 0 bridgehead atoms. The minimum atomic E-state index is 0.390. The molecule has 0 spiro atoms. The molecule has 1 aromatic carbocycles. The van der Waals surface area contributed by atoms with Crippen LogP contribution in [0.5, 0.6) is 5.75 Å². The lowest BCUT2D eigenvalue weighted by Gasteiger charge is -2.04. The maximum absolute atomic E-state index is 9.92. The van der Waals surface area contributed by atoms with Crippen LogP contribution in [0.15, 0.2) is 106 Å². The van der Waals surface area contributed by atoms with Crippen molar-refractivity contribution in [1.82, 2.24) is 0 Å². The molecule has 0 atom stereocenters. The molecular formula is C41H62O. The van der Waals surface area contributed by atoms with Gasteiger partial charge in [0.1, 0.15) is 5.75 Å². The number of phenols is 1. The van der Waals surface area contributed by atoms with E-state index in [0.29, 0.717) is 5.75 Å². The SMILES string of the molecule is CC(C)=CCC/C(C)=C/CC/C(C)=C/CC/C(C)=C/CC/C(C)=C/CC/C(C)=C/CC/C(C)=C/Cc1ccccc1O. The van der Waals surface area contributed by atoms with Crippen molar-refractivity contribution >= 4 is 0 Å². The van der Waals surface area contributed by atoms with Gasteiger partial charge in [-0.25, -0.2) is 0 Å². The maximum Gasteiger partial charge on any atom is 0.119 e. The third kappa shape index (κ3) is 20.1. The molecular weight excluding hydrogens is 508 g/mol. The molecule has 1 aromatic rings. The summed E-state index contributed by atoms with van der Waals surface area (Å²) in [6.45, 7) is 17.9. The van der Waals surface area contributed by atoms with Crippen molar-refractivity contribution in [2.24, 2.45) is 0 Å². The van der Waals surface area contributed by atoms with E-state index in [-0.39, 0.29) is 0 Å². The standard InChI is InChI=1S/C41H62O/c1-33(2)17-11-18-34(3)19-12-20-35(4)21-13-22-36(5)23-14-24-37(6)25-15-26-38(7)27-16-28-39(8)31-32-40-29-9-10-30-41(40)42/h9-10,17,19,21,23,25,27,29-31,42H,11-16,18,20,22,24,26,28,32H2,1-8H3/b34-19+,35-21+,36-23+,37-25+,38-27+,39-31+. The third-order valence-corrected chi connectivity index (χ3v) is 7.91. The van der Waals surface area contributed by atoms with E-state index < -0.39 is 0 Å². The molecule has 0 fully saturated rings. The zero-order chi connectivity index (χ0) is 31.2. The van der Waals surface area contributed by atoms with Crippen molar-refractivity contribution < 1.29 is 5.11 Å². The van der Waals surface area contributed by atoms with E-state index in [0.717, 1.165) is 63.4 Å². The van der Waals surface area contributed by atoms with Crippen molar-refractivity contribution in [3.63, 3.8) is 0 Å². The first-order valence-electron chi connectivity index (χ1n) is 16.4. The van der Waals surface area contributed by atoms with Gasteiger partial charge in [-0.15, -0.1) is 0 Å². The number of hydrogen-bond acceptors (Lipinski definition) is 1. The fourth-order valence-electron chi connectivity index (χ4n) is 4.90. The number of rotatable bonds is 20. The molecule has 0 amide bonds. The Morgan fingerprint density at radius 2 is 0.762 bits per heavy atom. The van der Waals surface area contributed by atoms with E-state index in [4.69, 9.17) is 0 Å². The molecule has 0 aliphatic rings. The minimum absolute atomic E-state index is 0.390. The van der Waals surface area contributed by atoms with Crippen LogP contribution >= 0.6 is 0 Å². The molecule has 0 aliphatic heterocycles. The lowest BCUT2D eigenvalue weighted by atomic mass is 10.0. The molecule has 232 valence electrons. The van der Waals surface area contributed by atoms with Gasteiger partial charge in [0, 0.05) is 0 Å². The Balaban J connectivity index is 2.24. The first kappa shape index (κ1) is 37.2. The van der Waals surface area contributed by atoms with E-state index in [9.17, 15) is 5.11 Å². The summed E-state index contributed by atoms with van der Waals surface area (Å²) in [6.07, 6.45) is 31.3. The van der Waals surface area contributed by atoms with Crippen LogP contribution in [0, 0.1) is 0 Å². The topological polar surface area (TPSA) is 20.2 Å². The smallest absolute Gasteiger partial charge is 0.119 e. The zero-order valence-corrected chi connectivity index (χ0v) is 28.5. The summed E-state index contributed by atoms with van der Waals surface area (Å²) in [6, 6.07) is 7.60. The molecule has 0 radical (unpaired) electrons. The van der Waals surface area contributed by atoms with Crippen LogP contribution < -0.4 is 0 Å². The highest BCUT2D eigenvalue weighted by atomic mass is 16.3. The predicted molar refractivity (Wildman–Crippen MR) is 189 cm³/mol. The van der Waals surface area contributed by atoms with Gasteiger partial charge in [0.2, 0.25) is 0 Å². The van der Waals surface area contributed by atoms with Crippen molar-refractivity contribution in [3.8, 4) is 5.75 Å². The second-order valence-corrected chi connectivity index (χ2v) is 12.6. The van der Waals surface area contributed by atoms with E-state index in [2.05, 4.69) is 97.9 Å². The molecule has 0 saturated heterocycles. The maximum atomic E-state index is 9.92. The van der Waals surface area contributed by atoms with E-state index in [1.54, 1.807) is 6.07 Å². The Bertz CT molecular complexity index is 1130. The first-order valence-corrected chi connectivity index (χ1v) is 16.4. The van der Waals surface area contributed by atoms with Crippen LogP contribution in [0.4, 0.5) is 0 Å². The number of phenolic OH excluding ortho intramolecular Hbond substituents is 1. The summed E-state index contributed by atoms with van der Waals surface area (Å²) in [5, 5.41) is 9.92. The summed E-state index contributed by atoms with van der Waals surface area (Å²) < 4.78 is 0. The molecule has 1 rings (SSSR count). The third-order valence-electron chi connectivity index (χ3n) is 7.91. The molecule has 0 heterocycles. The predicted octanol–water partition coefficient (Wildman–Crippen LogP) is 13.3. The molecule has 0 unspecified atom stereocenters. The van der Waals surface area contributed by atoms with Gasteiger partial charge in [-0.3, -0.25) is 0 Å². The van der Waals surface area contributed by atoms with Crippen LogP contribution in [-0.4, -0.2) is 5.11 Å². The van der Waals surface area contributed by atoms with Gasteiger partial charge < -0.3 is 5.11 Å². The highest BCUT2D eigenvalue weighted by molar-refractivity contribution is 5.33. The lowest BCUT2D eigenvalue weighted by Crippen LogP contribution is -1.85. The Morgan fingerprint density at radius 1 is 0.452 bits per heavy atom. The fraction of sp³-hybridized carbons (Fsp3) is 0.512. The minimum Gasteiger partial charge on any atom is -0.508 e. The average molecular weight is 571 g/mol. The van der Waals surface area contributed by atoms with E-state index >= 15 is 0 Å². The van der Waals surface area contributed by atoms with Gasteiger partial charge in [0.05, 0.1) is 0 Å². The summed E-state index contributed by atoms with van der Waals surface area (Å²) >= 11 is 0. The zero-order valence-electron chi connectivity index (χ0n) is 28.5. The Labute approximate surface area is 260 Å². The Kier molecular flexibility index (Phi) is 20.2. The monoisotopic (exact) mass is 570 g/mol. The molecule has 0 aliphatic carbocycles. The van der Waals surface area contributed by atoms with Gasteiger partial charge >= 0.3 is 0 Å². The summed E-state index contributed by atoms with van der Waals surface area (Å²) in [5.74, 6) is 0.390. The number of benzene rings is 1. The van der Waals surface area contributed by atoms with Gasteiger partial charge in [0.25, 0.3) is 0 Å². The van der Waals surface area contributed by atoms with Gasteiger partial charge in [-0.2, -0.15) is 0 Å². The summed E-state index contributed by atoms with van der Waals surface area (Å²) in [7, 11) is 0. The van der Waals surface area contributed by atoms with Crippen molar-refractivity contribution in [3.05, 3.63) is 111 Å². The second kappa shape index (κ2) is 22.8. The van der Waals surface area contributed by atoms with E-state index in [1.807, 2.05) is 18.2 Å². The highest BCUT2D eigenvalue weighted by Gasteiger charge is 1.99. The van der Waals surface area contributed by atoms with Crippen molar-refractivity contribution in [1.29, 1.82) is 0 Å². The Hall–Kier alpha value is -2.80. The number of para-hydroxylation sites is 1. The van der Waals surface area contributed by atoms with Crippen molar-refractivity contribution in [2.75, 3.05) is 0 Å². The van der Waals surface area contributed by atoms with Gasteiger partial charge in [-0.05, 0) is 150 Å². The lowest BCUT2D eigenvalue weighted by molar-refractivity contribution is 0.469. The summed E-state index contributed by atoms with van der Waals surface area (Å²) in [4.78, 5) is 0. The van der Waals surface area contributed by atoms with E-state index in [1.165, 1.54) is 64.7 Å². The Morgan fingerprint density at radius 3 is 1.10 bits per heavy atom. The highest BCUT2D eigenvalue weighted by Crippen LogP contribution is 2.19. The van der Waals surface area contributed by atoms with Gasteiger partial charge in [-0.1, -0.05) is 99.7 Å². The fourth-order valence-corrected chi connectivity index (χ4v) is 4.90. The molecule has 0 saturated carbocycles. The quantitative estimate of drug-likeness (QED) is 0.155. The van der Waals surface area contributed by atoms with Crippen LogP contribution in [0.25, 0.3) is 0 Å². The van der Waals surface area contributed by atoms with Crippen LogP contribution in [0.2, 0.25) is 0 Å². The molecule has 1 nitrogen and oxygen atoms in total.